The van der Waals surface area contributed by atoms with Gasteiger partial charge in [0.25, 0.3) is 5.91 Å². The molecule has 2 atom stereocenters. The van der Waals surface area contributed by atoms with Crippen LogP contribution in [0.3, 0.4) is 0 Å². The maximum atomic E-state index is 13.3. The zero-order valence-electron chi connectivity index (χ0n) is 18.4. The van der Waals surface area contributed by atoms with Gasteiger partial charge < -0.3 is 15.0 Å². The van der Waals surface area contributed by atoms with E-state index < -0.39 is 24.2 Å². The van der Waals surface area contributed by atoms with E-state index in [1.165, 1.54) is 11.0 Å². The lowest BCUT2D eigenvalue weighted by Crippen LogP contribution is -2.49. The van der Waals surface area contributed by atoms with Gasteiger partial charge >= 0.3 is 12.2 Å². The molecule has 12 heteroatoms. The molecule has 2 aromatic heterocycles. The molecule has 0 spiro atoms. The second-order valence-electron chi connectivity index (χ2n) is 8.59. The molecule has 0 aromatic carbocycles. The highest BCUT2D eigenvalue weighted by molar-refractivity contribution is 6.05. The maximum Gasteiger partial charge on any atom is 0.408 e. The third kappa shape index (κ3) is 4.08. The van der Waals surface area contributed by atoms with E-state index in [-0.39, 0.29) is 17.6 Å². The Kier molecular flexibility index (Phi) is 5.45. The number of nitrogens with one attached hydrogen (secondary N) is 2. The van der Waals surface area contributed by atoms with E-state index in [1.807, 2.05) is 10.2 Å². The topological polar surface area (TPSA) is 99.7 Å². The van der Waals surface area contributed by atoms with E-state index in [1.54, 1.807) is 18.3 Å². The number of urea groups is 1. The minimum Gasteiger partial charge on any atom is -0.492 e. The average Bonchev–Trinajstić information content (AvgIpc) is 3.22. The van der Waals surface area contributed by atoms with Crippen molar-refractivity contribution < 1.29 is 27.5 Å². The molecule has 5 rings (SSSR count). The highest BCUT2D eigenvalue weighted by Gasteiger charge is 2.41. The van der Waals surface area contributed by atoms with E-state index in [9.17, 15) is 22.8 Å². The molecule has 34 heavy (non-hydrogen) atoms. The Morgan fingerprint density at radius 3 is 2.91 bits per heavy atom. The van der Waals surface area contributed by atoms with Crippen LogP contribution >= 0.6 is 0 Å². The van der Waals surface area contributed by atoms with Crippen molar-refractivity contribution in [3.63, 3.8) is 0 Å². The van der Waals surface area contributed by atoms with Crippen LogP contribution in [-0.2, 0) is 6.42 Å². The van der Waals surface area contributed by atoms with Gasteiger partial charge in [0.2, 0.25) is 0 Å². The summed E-state index contributed by atoms with van der Waals surface area (Å²) in [5, 5.41) is 4.71. The van der Waals surface area contributed by atoms with Crippen LogP contribution in [0.25, 0.3) is 0 Å². The number of anilines is 3. The number of nitrogens with zero attached hydrogens (tertiary/aromatic N) is 4. The van der Waals surface area contributed by atoms with Gasteiger partial charge in [-0.15, -0.1) is 0 Å². The van der Waals surface area contributed by atoms with Gasteiger partial charge in [-0.05, 0) is 49.9 Å². The third-order valence-corrected chi connectivity index (χ3v) is 6.27. The molecule has 2 aromatic rings. The van der Waals surface area contributed by atoms with Crippen molar-refractivity contribution in [3.05, 3.63) is 35.7 Å². The minimum atomic E-state index is -4.58. The van der Waals surface area contributed by atoms with Crippen LogP contribution in [0.15, 0.2) is 24.4 Å². The standard InChI is InChI=1S/C22H23F3N6O3/c1-12(22(23,24)25)27-20(32)15-4-5-16-19(28-15)31(14-6-7-30(16)11-14)21(33)29-18-9-13-3-2-8-34-17(13)10-26-18/h4-5,9-10,12,14H,2-3,6-8,11H2,1H3,(H,27,32)(H,26,29,33)/t12-,14?/m1/s1. The molecule has 0 saturated carbocycles. The Bertz CT molecular complexity index is 1140. The summed E-state index contributed by atoms with van der Waals surface area (Å²) in [7, 11) is 0. The lowest BCUT2D eigenvalue weighted by Gasteiger charge is -2.35. The van der Waals surface area contributed by atoms with Gasteiger partial charge in [-0.3, -0.25) is 15.0 Å². The number of aryl methyl sites for hydroxylation is 1. The fraction of sp³-hybridized carbons (Fsp3) is 0.455. The highest BCUT2D eigenvalue weighted by Crippen LogP contribution is 2.39. The number of ether oxygens (including phenoxy) is 1. The van der Waals surface area contributed by atoms with Crippen LogP contribution in [-0.4, -0.2) is 59.9 Å². The second kappa shape index (κ2) is 8.33. The predicted octanol–water partition coefficient (Wildman–Crippen LogP) is 3.11. The molecule has 2 N–H and O–H groups in total. The van der Waals surface area contributed by atoms with Gasteiger partial charge in [-0.1, -0.05) is 0 Å². The van der Waals surface area contributed by atoms with E-state index in [4.69, 9.17) is 4.74 Å². The highest BCUT2D eigenvalue weighted by atomic mass is 19.4. The molecule has 1 fully saturated rings. The van der Waals surface area contributed by atoms with Crippen LogP contribution in [0.2, 0.25) is 0 Å². The molecule has 2 bridgehead atoms. The van der Waals surface area contributed by atoms with E-state index in [0.717, 1.165) is 25.3 Å². The van der Waals surface area contributed by atoms with Gasteiger partial charge in [0, 0.05) is 13.1 Å². The molecule has 1 saturated heterocycles. The van der Waals surface area contributed by atoms with Crippen molar-refractivity contribution in [2.45, 2.75) is 44.4 Å². The summed E-state index contributed by atoms with van der Waals surface area (Å²) < 4.78 is 44.2. The van der Waals surface area contributed by atoms with E-state index >= 15 is 0 Å². The van der Waals surface area contributed by atoms with Gasteiger partial charge in [0.15, 0.2) is 5.82 Å². The van der Waals surface area contributed by atoms with Crippen molar-refractivity contribution in [2.75, 3.05) is 34.8 Å². The number of aromatic nitrogens is 2. The normalized spacial score (nSPS) is 19.6. The molecular formula is C22H23F3N6O3. The number of hydrogen-bond acceptors (Lipinski definition) is 6. The SMILES string of the molecule is C[C@@H](NC(=O)c1ccc2c(n1)N(C(=O)Nc1cc3c(cn1)OCCC3)C1CCN2C1)C(F)(F)F. The summed E-state index contributed by atoms with van der Waals surface area (Å²) in [6.45, 7) is 2.80. The number of carbonyl (C=O) groups excluding carboxylic acids is 2. The van der Waals surface area contributed by atoms with Gasteiger partial charge in [0.1, 0.15) is 23.3 Å². The van der Waals surface area contributed by atoms with Gasteiger partial charge in [0.05, 0.1) is 24.5 Å². The number of alkyl halides is 3. The Morgan fingerprint density at radius 1 is 1.29 bits per heavy atom. The van der Waals surface area contributed by atoms with Crippen molar-refractivity contribution in [2.24, 2.45) is 0 Å². The minimum absolute atomic E-state index is 0.187. The fourth-order valence-corrected chi connectivity index (χ4v) is 4.44. The molecule has 0 radical (unpaired) electrons. The number of fused-ring (bicyclic) bond motifs is 5. The Hall–Kier alpha value is -3.57. The van der Waals surface area contributed by atoms with Crippen LogP contribution in [0, 0.1) is 0 Å². The first kappa shape index (κ1) is 22.2. The third-order valence-electron chi connectivity index (χ3n) is 6.27. The van der Waals surface area contributed by atoms with Crippen molar-refractivity contribution in [1.29, 1.82) is 0 Å². The summed E-state index contributed by atoms with van der Waals surface area (Å²) in [6.07, 6.45) is -0.603. The molecular weight excluding hydrogens is 453 g/mol. The first-order chi connectivity index (χ1) is 16.2. The fourth-order valence-electron chi connectivity index (χ4n) is 4.44. The van der Waals surface area contributed by atoms with Crippen LogP contribution in [0.4, 0.5) is 35.3 Å². The molecule has 3 aliphatic rings. The molecule has 0 aliphatic carbocycles. The number of carbonyl (C=O) groups is 2. The molecule has 180 valence electrons. The summed E-state index contributed by atoms with van der Waals surface area (Å²) in [5.74, 6) is 0.339. The number of halogens is 3. The zero-order valence-corrected chi connectivity index (χ0v) is 18.4. The summed E-state index contributed by atoms with van der Waals surface area (Å²) in [6, 6.07) is 2.08. The van der Waals surface area contributed by atoms with Crippen molar-refractivity contribution >= 4 is 29.3 Å². The molecule has 3 amide bonds. The zero-order chi connectivity index (χ0) is 24.0. The number of pyridine rings is 2. The Labute approximate surface area is 193 Å². The first-order valence-corrected chi connectivity index (χ1v) is 11.1. The summed E-state index contributed by atoms with van der Waals surface area (Å²) in [5.41, 5.74) is 1.41. The molecule has 5 heterocycles. The molecule has 3 aliphatic heterocycles. The lowest BCUT2D eigenvalue weighted by molar-refractivity contribution is -0.149. The van der Waals surface area contributed by atoms with Crippen LogP contribution < -0.4 is 25.2 Å². The smallest absolute Gasteiger partial charge is 0.408 e. The lowest BCUT2D eigenvalue weighted by atomic mass is 10.1. The maximum absolute atomic E-state index is 13.3. The number of rotatable bonds is 3. The second-order valence-corrected chi connectivity index (χ2v) is 8.59. The Balaban J connectivity index is 1.41. The average molecular weight is 476 g/mol. The quantitative estimate of drug-likeness (QED) is 0.706. The van der Waals surface area contributed by atoms with Gasteiger partial charge in [-0.2, -0.15) is 13.2 Å². The monoisotopic (exact) mass is 476 g/mol. The largest absolute Gasteiger partial charge is 0.492 e. The van der Waals surface area contributed by atoms with Crippen molar-refractivity contribution in [3.8, 4) is 5.75 Å². The van der Waals surface area contributed by atoms with E-state index in [2.05, 4.69) is 15.3 Å². The predicted molar refractivity (Wildman–Crippen MR) is 117 cm³/mol. The Morgan fingerprint density at radius 2 is 2.12 bits per heavy atom. The van der Waals surface area contributed by atoms with Crippen molar-refractivity contribution in [1.82, 2.24) is 15.3 Å². The number of hydrogen-bond donors (Lipinski definition) is 2. The summed E-state index contributed by atoms with van der Waals surface area (Å²) >= 11 is 0. The molecule has 9 nitrogen and oxygen atoms in total. The van der Waals surface area contributed by atoms with Gasteiger partial charge in [-0.25, -0.2) is 14.8 Å². The van der Waals surface area contributed by atoms with Crippen LogP contribution in [0.1, 0.15) is 35.8 Å². The summed E-state index contributed by atoms with van der Waals surface area (Å²) in [4.78, 5) is 37.8. The first-order valence-electron chi connectivity index (χ1n) is 11.1. The number of amides is 3. The van der Waals surface area contributed by atoms with E-state index in [0.29, 0.717) is 43.4 Å². The molecule has 1 unspecified atom stereocenters. The van der Waals surface area contributed by atoms with Crippen LogP contribution in [0.5, 0.6) is 5.75 Å².